The second-order valence-corrected chi connectivity index (χ2v) is 6.67. The maximum atomic E-state index is 12.2. The Bertz CT molecular complexity index is 519. The van der Waals surface area contributed by atoms with Crippen LogP contribution in [-0.2, 0) is 23.8 Å². The van der Waals surface area contributed by atoms with Crippen LogP contribution in [-0.4, -0.2) is 27.0 Å². The molecule has 0 aromatic heterocycles. The van der Waals surface area contributed by atoms with Gasteiger partial charge in [0, 0.05) is 6.42 Å². The van der Waals surface area contributed by atoms with Crippen LogP contribution in [0.1, 0.15) is 26.7 Å². The third-order valence-electron chi connectivity index (χ3n) is 3.14. The quantitative estimate of drug-likeness (QED) is 0.454. The van der Waals surface area contributed by atoms with Crippen molar-refractivity contribution in [3.05, 3.63) is 11.8 Å². The van der Waals surface area contributed by atoms with Crippen molar-refractivity contribution in [1.29, 1.82) is 0 Å². The van der Waals surface area contributed by atoms with Gasteiger partial charge in [0.05, 0.1) is 13.0 Å². The highest BCUT2D eigenvalue weighted by Crippen LogP contribution is 2.42. The number of carbonyl (C=O) groups excluding carboxylic acids is 1. The first-order valence-corrected chi connectivity index (χ1v) is 7.09. The average molecular weight is 316 g/mol. The maximum absolute atomic E-state index is 12.2. The maximum Gasteiger partial charge on any atom is 0.534 e. The molecule has 0 saturated carbocycles. The zero-order valence-electron chi connectivity index (χ0n) is 11.2. The number of rotatable bonds is 3. The van der Waals surface area contributed by atoms with E-state index in [0.29, 0.717) is 0 Å². The van der Waals surface area contributed by atoms with E-state index in [0.717, 1.165) is 0 Å². The van der Waals surface area contributed by atoms with Gasteiger partial charge in [-0.3, -0.25) is 4.79 Å². The molecule has 116 valence electrons. The van der Waals surface area contributed by atoms with Crippen LogP contribution in [0.15, 0.2) is 11.8 Å². The van der Waals surface area contributed by atoms with E-state index in [2.05, 4.69) is 8.92 Å². The molecule has 0 aliphatic heterocycles. The fourth-order valence-corrected chi connectivity index (χ4v) is 2.53. The summed E-state index contributed by atoms with van der Waals surface area (Å²) < 4.78 is 67.2. The van der Waals surface area contributed by atoms with E-state index in [1.165, 1.54) is 13.2 Å². The molecule has 5 nitrogen and oxygen atoms in total. The Hall–Kier alpha value is -1.25. The molecular formula is C11H15F3O5S. The van der Waals surface area contributed by atoms with Crippen molar-refractivity contribution in [3.63, 3.8) is 0 Å². The van der Waals surface area contributed by atoms with E-state index in [-0.39, 0.29) is 18.6 Å². The summed E-state index contributed by atoms with van der Waals surface area (Å²) in [6.45, 7) is 3.26. The van der Waals surface area contributed by atoms with Gasteiger partial charge in [-0.25, -0.2) is 0 Å². The van der Waals surface area contributed by atoms with Crippen molar-refractivity contribution < 1.29 is 35.3 Å². The minimum atomic E-state index is -5.68. The van der Waals surface area contributed by atoms with Gasteiger partial charge < -0.3 is 8.92 Å². The summed E-state index contributed by atoms with van der Waals surface area (Å²) in [7, 11) is -4.46. The lowest BCUT2D eigenvalue weighted by atomic mass is 9.71. The van der Waals surface area contributed by atoms with Crippen LogP contribution in [0.2, 0.25) is 0 Å². The molecule has 1 rings (SSSR count). The van der Waals surface area contributed by atoms with Gasteiger partial charge in [0.25, 0.3) is 0 Å². The number of alkyl halides is 3. The molecule has 0 aromatic rings. The van der Waals surface area contributed by atoms with Gasteiger partial charge in [-0.05, 0) is 17.9 Å². The third-order valence-corrected chi connectivity index (χ3v) is 4.14. The van der Waals surface area contributed by atoms with E-state index in [1.54, 1.807) is 13.8 Å². The van der Waals surface area contributed by atoms with Gasteiger partial charge in [-0.1, -0.05) is 13.8 Å². The molecule has 20 heavy (non-hydrogen) atoms. The van der Waals surface area contributed by atoms with Crippen molar-refractivity contribution in [2.24, 2.45) is 11.3 Å². The van der Waals surface area contributed by atoms with E-state index in [4.69, 9.17) is 0 Å². The fourth-order valence-electron chi connectivity index (χ4n) is 2.02. The van der Waals surface area contributed by atoms with Crippen molar-refractivity contribution in [2.45, 2.75) is 32.2 Å². The lowest BCUT2D eigenvalue weighted by Crippen LogP contribution is -2.36. The second kappa shape index (κ2) is 5.27. The standard InChI is InChI=1S/C11H15F3O5S/c1-10(2)6-7(4-5-8(10)9(15)18-3)19-20(16,17)11(12,13)14/h4,8H,5-6H2,1-3H3. The zero-order chi connectivity index (χ0) is 15.8. The largest absolute Gasteiger partial charge is 0.534 e. The predicted octanol–water partition coefficient (Wildman–Crippen LogP) is 2.35. The summed E-state index contributed by atoms with van der Waals surface area (Å²) in [5.74, 6) is -1.37. The summed E-state index contributed by atoms with van der Waals surface area (Å²) in [6, 6.07) is 0. The topological polar surface area (TPSA) is 69.7 Å². The highest BCUT2D eigenvalue weighted by Gasteiger charge is 2.50. The molecule has 0 saturated heterocycles. The predicted molar refractivity (Wildman–Crippen MR) is 62.7 cm³/mol. The number of halogens is 3. The summed E-state index contributed by atoms with van der Waals surface area (Å²) in [6.07, 6.45) is 1.13. The first-order chi connectivity index (χ1) is 8.90. The summed E-state index contributed by atoms with van der Waals surface area (Å²) in [4.78, 5) is 11.5. The number of ether oxygens (including phenoxy) is 1. The summed E-state index contributed by atoms with van der Waals surface area (Å²) in [5.41, 5.74) is -6.24. The first kappa shape index (κ1) is 16.8. The van der Waals surface area contributed by atoms with Crippen molar-refractivity contribution in [3.8, 4) is 0 Å². The lowest BCUT2D eigenvalue weighted by molar-refractivity contribution is -0.150. The molecule has 0 fully saturated rings. The number of allylic oxidation sites excluding steroid dienone is 2. The average Bonchev–Trinajstić information content (AvgIpc) is 2.24. The van der Waals surface area contributed by atoms with Crippen LogP contribution in [0, 0.1) is 11.3 Å². The fraction of sp³-hybridized carbons (Fsp3) is 0.727. The Kier molecular flexibility index (Phi) is 4.42. The van der Waals surface area contributed by atoms with E-state index >= 15 is 0 Å². The molecule has 0 aromatic carbocycles. The van der Waals surface area contributed by atoms with Gasteiger partial charge >= 0.3 is 21.6 Å². The molecule has 1 unspecified atom stereocenters. The summed E-state index contributed by atoms with van der Waals surface area (Å²) in [5, 5.41) is 0. The Morgan fingerprint density at radius 2 is 1.95 bits per heavy atom. The van der Waals surface area contributed by atoms with Gasteiger partial charge in [0.2, 0.25) is 0 Å². The Morgan fingerprint density at radius 1 is 1.40 bits per heavy atom. The molecule has 1 atom stereocenters. The van der Waals surface area contributed by atoms with Crippen LogP contribution >= 0.6 is 0 Å². The van der Waals surface area contributed by atoms with Crippen molar-refractivity contribution >= 4 is 16.1 Å². The van der Waals surface area contributed by atoms with Crippen LogP contribution in [0.5, 0.6) is 0 Å². The summed E-state index contributed by atoms with van der Waals surface area (Å²) >= 11 is 0. The normalized spacial score (nSPS) is 22.9. The number of esters is 1. The smallest absolute Gasteiger partial charge is 0.469 e. The molecule has 0 radical (unpaired) electrons. The first-order valence-electron chi connectivity index (χ1n) is 5.68. The molecule has 1 aliphatic rings. The SMILES string of the molecule is COC(=O)C1CC=C(OS(=O)(=O)C(F)(F)F)CC1(C)C. The monoisotopic (exact) mass is 316 g/mol. The van der Waals surface area contributed by atoms with Gasteiger partial charge in [0.15, 0.2) is 0 Å². The zero-order valence-corrected chi connectivity index (χ0v) is 12.0. The number of hydrogen-bond acceptors (Lipinski definition) is 5. The Labute approximate surface area is 114 Å². The molecule has 0 N–H and O–H groups in total. The van der Waals surface area contributed by atoms with Gasteiger partial charge in [-0.2, -0.15) is 21.6 Å². The molecule has 9 heteroatoms. The van der Waals surface area contributed by atoms with Crippen LogP contribution in [0.25, 0.3) is 0 Å². The Balaban J connectivity index is 2.93. The molecule has 0 spiro atoms. The highest BCUT2D eigenvalue weighted by molar-refractivity contribution is 7.87. The number of methoxy groups -OCH3 is 1. The van der Waals surface area contributed by atoms with Crippen LogP contribution in [0.3, 0.4) is 0 Å². The molecule has 1 aliphatic carbocycles. The van der Waals surface area contributed by atoms with Gasteiger partial charge in [-0.15, -0.1) is 0 Å². The van der Waals surface area contributed by atoms with Crippen LogP contribution < -0.4 is 0 Å². The molecule has 0 bridgehead atoms. The molecule has 0 amide bonds. The van der Waals surface area contributed by atoms with E-state index < -0.39 is 32.9 Å². The number of carbonyl (C=O) groups is 1. The molecular weight excluding hydrogens is 301 g/mol. The van der Waals surface area contributed by atoms with Crippen molar-refractivity contribution in [2.75, 3.05) is 7.11 Å². The second-order valence-electron chi connectivity index (χ2n) is 5.13. The van der Waals surface area contributed by atoms with E-state index in [1.807, 2.05) is 0 Å². The van der Waals surface area contributed by atoms with E-state index in [9.17, 15) is 26.4 Å². The number of hydrogen-bond donors (Lipinski definition) is 0. The minimum Gasteiger partial charge on any atom is -0.469 e. The third kappa shape index (κ3) is 3.44. The highest BCUT2D eigenvalue weighted by atomic mass is 32.2. The van der Waals surface area contributed by atoms with Gasteiger partial charge in [0.1, 0.15) is 5.76 Å². The van der Waals surface area contributed by atoms with Crippen molar-refractivity contribution in [1.82, 2.24) is 0 Å². The lowest BCUT2D eigenvalue weighted by Gasteiger charge is -2.35. The van der Waals surface area contributed by atoms with Crippen LogP contribution in [0.4, 0.5) is 13.2 Å². The minimum absolute atomic E-state index is 0.0579. The molecule has 0 heterocycles. The Morgan fingerprint density at radius 3 is 2.35 bits per heavy atom.